The van der Waals surface area contributed by atoms with Crippen LogP contribution in [0.4, 0.5) is 0 Å². The molecule has 17 heavy (non-hydrogen) atoms. The van der Waals surface area contributed by atoms with Crippen molar-refractivity contribution in [3.8, 4) is 0 Å². The SMILES string of the molecule is C[C@H](NC1=NCCCCC1)C1CCCCCC1. The monoisotopic (exact) mass is 236 g/mol. The lowest BCUT2D eigenvalue weighted by Gasteiger charge is -2.25. The molecule has 1 saturated carbocycles. The first-order chi connectivity index (χ1) is 8.36. The highest BCUT2D eigenvalue weighted by atomic mass is 15.0. The molecule has 1 fully saturated rings. The Morgan fingerprint density at radius 2 is 1.71 bits per heavy atom. The summed E-state index contributed by atoms with van der Waals surface area (Å²) >= 11 is 0. The Kier molecular flexibility index (Phi) is 5.34. The molecule has 1 N–H and O–H groups in total. The highest BCUT2D eigenvalue weighted by molar-refractivity contribution is 5.82. The summed E-state index contributed by atoms with van der Waals surface area (Å²) in [5.41, 5.74) is 0. The number of rotatable bonds is 2. The van der Waals surface area contributed by atoms with Gasteiger partial charge in [-0.1, -0.05) is 32.1 Å². The topological polar surface area (TPSA) is 24.4 Å². The summed E-state index contributed by atoms with van der Waals surface area (Å²) in [6.45, 7) is 3.41. The van der Waals surface area contributed by atoms with E-state index in [-0.39, 0.29) is 0 Å². The normalized spacial score (nSPS) is 25.6. The van der Waals surface area contributed by atoms with Crippen molar-refractivity contribution in [3.63, 3.8) is 0 Å². The van der Waals surface area contributed by atoms with E-state index in [9.17, 15) is 0 Å². The molecule has 1 aliphatic heterocycles. The quantitative estimate of drug-likeness (QED) is 0.722. The molecule has 2 aliphatic rings. The Bertz CT molecular complexity index is 239. The molecule has 2 rings (SSSR count). The van der Waals surface area contributed by atoms with Crippen LogP contribution in [0.3, 0.4) is 0 Å². The van der Waals surface area contributed by atoms with E-state index < -0.39 is 0 Å². The number of hydrogen-bond acceptors (Lipinski definition) is 2. The molecule has 0 aromatic carbocycles. The smallest absolute Gasteiger partial charge is 0.0965 e. The van der Waals surface area contributed by atoms with Crippen LogP contribution in [-0.2, 0) is 0 Å². The molecular weight excluding hydrogens is 208 g/mol. The number of amidine groups is 1. The van der Waals surface area contributed by atoms with Crippen molar-refractivity contribution < 1.29 is 0 Å². The van der Waals surface area contributed by atoms with Crippen LogP contribution in [0.15, 0.2) is 4.99 Å². The summed E-state index contributed by atoms with van der Waals surface area (Å²) in [5, 5.41) is 3.71. The molecule has 0 aromatic rings. The predicted molar refractivity (Wildman–Crippen MR) is 74.6 cm³/mol. The molecule has 0 radical (unpaired) electrons. The zero-order chi connectivity index (χ0) is 11.9. The van der Waals surface area contributed by atoms with E-state index in [1.165, 1.54) is 70.0 Å². The second kappa shape index (κ2) is 7.03. The maximum atomic E-state index is 4.69. The van der Waals surface area contributed by atoms with E-state index in [4.69, 9.17) is 0 Å². The first kappa shape index (κ1) is 12.9. The van der Waals surface area contributed by atoms with Crippen LogP contribution in [-0.4, -0.2) is 18.4 Å². The average molecular weight is 236 g/mol. The molecule has 0 amide bonds. The van der Waals surface area contributed by atoms with Crippen LogP contribution < -0.4 is 5.32 Å². The second-order valence-corrected chi connectivity index (χ2v) is 5.82. The number of aliphatic imine (C=N–C) groups is 1. The Morgan fingerprint density at radius 1 is 1.00 bits per heavy atom. The Hall–Kier alpha value is -0.530. The van der Waals surface area contributed by atoms with Crippen molar-refractivity contribution in [2.24, 2.45) is 10.9 Å². The predicted octanol–water partition coefficient (Wildman–Crippen LogP) is 3.91. The van der Waals surface area contributed by atoms with Gasteiger partial charge in [-0.3, -0.25) is 4.99 Å². The molecule has 2 heteroatoms. The third kappa shape index (κ3) is 4.33. The van der Waals surface area contributed by atoms with Crippen LogP contribution in [0.5, 0.6) is 0 Å². The maximum Gasteiger partial charge on any atom is 0.0965 e. The zero-order valence-corrected chi connectivity index (χ0v) is 11.4. The summed E-state index contributed by atoms with van der Waals surface area (Å²) < 4.78 is 0. The highest BCUT2D eigenvalue weighted by Crippen LogP contribution is 2.25. The minimum atomic E-state index is 0.630. The lowest BCUT2D eigenvalue weighted by Crippen LogP contribution is -2.38. The van der Waals surface area contributed by atoms with Gasteiger partial charge in [0.25, 0.3) is 0 Å². The van der Waals surface area contributed by atoms with E-state index >= 15 is 0 Å². The van der Waals surface area contributed by atoms with Crippen molar-refractivity contribution >= 4 is 5.84 Å². The van der Waals surface area contributed by atoms with E-state index in [0.717, 1.165) is 12.5 Å². The van der Waals surface area contributed by atoms with Crippen LogP contribution in [0.25, 0.3) is 0 Å². The van der Waals surface area contributed by atoms with Crippen molar-refractivity contribution in [1.82, 2.24) is 5.32 Å². The molecule has 1 atom stereocenters. The standard InChI is InChI=1S/C15H28N2/c1-13(14-9-5-2-3-6-10-14)17-15-11-7-4-8-12-16-15/h13-14H,2-12H2,1H3,(H,16,17)/t13-/m0/s1. The van der Waals surface area contributed by atoms with Crippen molar-refractivity contribution in [1.29, 1.82) is 0 Å². The molecule has 98 valence electrons. The minimum absolute atomic E-state index is 0.630. The van der Waals surface area contributed by atoms with Crippen LogP contribution in [0.2, 0.25) is 0 Å². The lowest BCUT2D eigenvalue weighted by molar-refractivity contribution is 0.368. The third-order valence-electron chi connectivity index (χ3n) is 4.38. The average Bonchev–Trinajstić information content (AvgIpc) is 2.72. The fourth-order valence-electron chi connectivity index (χ4n) is 3.18. The summed E-state index contributed by atoms with van der Waals surface area (Å²) in [5.74, 6) is 2.17. The maximum absolute atomic E-state index is 4.69. The Morgan fingerprint density at radius 3 is 2.47 bits per heavy atom. The van der Waals surface area contributed by atoms with Gasteiger partial charge in [-0.25, -0.2) is 0 Å². The molecular formula is C15H28N2. The molecule has 1 heterocycles. The van der Waals surface area contributed by atoms with Gasteiger partial charge in [0.05, 0.1) is 5.84 Å². The summed E-state index contributed by atoms with van der Waals surface area (Å²) in [7, 11) is 0. The summed E-state index contributed by atoms with van der Waals surface area (Å²) in [6, 6.07) is 0.630. The largest absolute Gasteiger partial charge is 0.371 e. The van der Waals surface area contributed by atoms with Crippen molar-refractivity contribution in [3.05, 3.63) is 0 Å². The van der Waals surface area contributed by atoms with Gasteiger partial charge in [-0.05, 0) is 38.5 Å². The molecule has 2 nitrogen and oxygen atoms in total. The minimum Gasteiger partial charge on any atom is -0.371 e. The van der Waals surface area contributed by atoms with Crippen molar-refractivity contribution in [2.75, 3.05) is 6.54 Å². The van der Waals surface area contributed by atoms with Gasteiger partial charge in [0.1, 0.15) is 0 Å². The Balaban J connectivity index is 1.81. The number of nitrogens with zero attached hydrogens (tertiary/aromatic N) is 1. The van der Waals surface area contributed by atoms with Gasteiger partial charge < -0.3 is 5.32 Å². The first-order valence-corrected chi connectivity index (χ1v) is 7.66. The van der Waals surface area contributed by atoms with E-state index in [2.05, 4.69) is 17.2 Å². The molecule has 1 aliphatic carbocycles. The lowest BCUT2D eigenvalue weighted by atomic mass is 9.93. The summed E-state index contributed by atoms with van der Waals surface area (Å²) in [4.78, 5) is 4.69. The number of hydrogen-bond donors (Lipinski definition) is 1. The molecule has 0 saturated heterocycles. The first-order valence-electron chi connectivity index (χ1n) is 7.66. The fraction of sp³-hybridized carbons (Fsp3) is 0.933. The zero-order valence-electron chi connectivity index (χ0n) is 11.4. The van der Waals surface area contributed by atoms with Gasteiger partial charge in [0, 0.05) is 19.0 Å². The van der Waals surface area contributed by atoms with Crippen LogP contribution in [0.1, 0.15) is 71.1 Å². The van der Waals surface area contributed by atoms with E-state index in [1.807, 2.05) is 0 Å². The number of nitrogens with one attached hydrogen (secondary N) is 1. The summed E-state index contributed by atoms with van der Waals surface area (Å²) in [6.07, 6.45) is 13.7. The van der Waals surface area contributed by atoms with Crippen LogP contribution >= 0.6 is 0 Å². The molecule has 0 unspecified atom stereocenters. The fourth-order valence-corrected chi connectivity index (χ4v) is 3.18. The van der Waals surface area contributed by atoms with E-state index in [1.54, 1.807) is 0 Å². The van der Waals surface area contributed by atoms with Gasteiger partial charge >= 0.3 is 0 Å². The van der Waals surface area contributed by atoms with Crippen molar-refractivity contribution in [2.45, 2.75) is 77.2 Å². The third-order valence-corrected chi connectivity index (χ3v) is 4.38. The molecule has 0 aromatic heterocycles. The van der Waals surface area contributed by atoms with Gasteiger partial charge in [-0.15, -0.1) is 0 Å². The van der Waals surface area contributed by atoms with Gasteiger partial charge in [0.15, 0.2) is 0 Å². The second-order valence-electron chi connectivity index (χ2n) is 5.82. The van der Waals surface area contributed by atoms with Gasteiger partial charge in [-0.2, -0.15) is 0 Å². The Labute approximate surface area is 106 Å². The molecule has 0 spiro atoms. The molecule has 0 bridgehead atoms. The van der Waals surface area contributed by atoms with E-state index in [0.29, 0.717) is 6.04 Å². The van der Waals surface area contributed by atoms with Crippen LogP contribution in [0, 0.1) is 5.92 Å². The van der Waals surface area contributed by atoms with Gasteiger partial charge in [0.2, 0.25) is 0 Å². The highest BCUT2D eigenvalue weighted by Gasteiger charge is 2.19.